The Balaban J connectivity index is 0.910. The first-order valence-corrected chi connectivity index (χ1v) is 23.4. The number of fused-ring (bicyclic) bond motifs is 5. The molecule has 7 aromatic rings. The quantitative estimate of drug-likeness (QED) is 0.136. The van der Waals surface area contributed by atoms with Crippen molar-refractivity contribution in [3.63, 3.8) is 0 Å². The number of benzene rings is 7. The third kappa shape index (κ3) is 7.53. The highest BCUT2D eigenvalue weighted by atomic mass is 15.4. The molecule has 320 valence electrons. The smallest absolute Gasteiger partial charge is 0.113 e. The molecule has 3 unspecified atom stereocenters. The summed E-state index contributed by atoms with van der Waals surface area (Å²) in [5, 5.41) is 0. The number of para-hydroxylation sites is 3. The monoisotopic (exact) mass is 846 g/mol. The van der Waals surface area contributed by atoms with E-state index < -0.39 is 0 Å². The second-order valence-corrected chi connectivity index (χ2v) is 18.2. The van der Waals surface area contributed by atoms with Gasteiger partial charge in [0.05, 0.1) is 30.4 Å². The predicted octanol–water partition coefficient (Wildman–Crippen LogP) is 12.1. The average molecular weight is 847 g/mol. The van der Waals surface area contributed by atoms with Gasteiger partial charge >= 0.3 is 0 Å². The van der Waals surface area contributed by atoms with E-state index in [2.05, 4.69) is 242 Å². The molecule has 65 heavy (non-hydrogen) atoms. The van der Waals surface area contributed by atoms with Crippen LogP contribution >= 0.6 is 0 Å². The lowest BCUT2D eigenvalue weighted by Gasteiger charge is -2.41. The Hall–Kier alpha value is -7.44. The van der Waals surface area contributed by atoms with Gasteiger partial charge in [0.2, 0.25) is 0 Å². The Bertz CT molecular complexity index is 2880. The molecule has 3 atom stereocenters. The Kier molecular flexibility index (Phi) is 10.2. The van der Waals surface area contributed by atoms with Crippen LogP contribution in [0.1, 0.15) is 57.2 Å². The minimum Gasteiger partial charge on any atom is -0.351 e. The zero-order valence-electron chi connectivity index (χ0n) is 36.8. The Morgan fingerprint density at radius 1 is 0.492 bits per heavy atom. The van der Waals surface area contributed by atoms with Crippen molar-refractivity contribution in [1.29, 1.82) is 0 Å². The van der Waals surface area contributed by atoms with Crippen molar-refractivity contribution in [3.05, 3.63) is 252 Å². The largest absolute Gasteiger partial charge is 0.351 e. The third-order valence-corrected chi connectivity index (χ3v) is 14.3. The molecule has 0 aromatic heterocycles. The van der Waals surface area contributed by atoms with Crippen LogP contribution in [0.4, 0.5) is 17.1 Å². The summed E-state index contributed by atoms with van der Waals surface area (Å²) >= 11 is 0. The normalized spacial score (nSPS) is 19.8. The number of nitrogens with zero attached hydrogens (tertiary/aromatic N) is 6. The Labute approximate surface area is 383 Å². The van der Waals surface area contributed by atoms with Crippen molar-refractivity contribution in [1.82, 2.24) is 14.7 Å². The van der Waals surface area contributed by atoms with Gasteiger partial charge in [-0.2, -0.15) is 0 Å². The van der Waals surface area contributed by atoms with E-state index in [1.54, 1.807) is 0 Å². The summed E-state index contributed by atoms with van der Waals surface area (Å²) in [5.74, 6) is 0.555. The molecule has 2 bridgehead atoms. The molecule has 0 N–H and O–H groups in total. The molecule has 5 aliphatic heterocycles. The summed E-state index contributed by atoms with van der Waals surface area (Å²) in [7, 11) is 0. The standard InChI is InChI=1S/C59H54N6/c1-6-18-46(19-7-1)56-39-61(51-24-12-4-13-25-51)42-60(56)32-30-44-34-45-31-33-64-58(48-22-10-3-11-23-48)41-65-55-29-17-16-28-53(55)50(37-54(59(64)65)49(35-44)36-45)38-63-43-62(52-26-14-5-15-27-52)40-57(63)47-20-8-2-9-21-47/h1-29,34-36,39-41,50,54,59H,30-33,37-38,42-43H2. The molecule has 5 heterocycles. The fourth-order valence-corrected chi connectivity index (χ4v) is 11.2. The van der Waals surface area contributed by atoms with E-state index in [0.717, 1.165) is 52.2 Å². The number of anilines is 3. The van der Waals surface area contributed by atoms with Crippen molar-refractivity contribution in [3.8, 4) is 0 Å². The van der Waals surface area contributed by atoms with Crippen LogP contribution in [0, 0.1) is 0 Å². The van der Waals surface area contributed by atoms with Gasteiger partial charge in [0.1, 0.15) is 6.17 Å². The van der Waals surface area contributed by atoms with Crippen LogP contribution in [0.3, 0.4) is 0 Å². The lowest BCUT2D eigenvalue weighted by molar-refractivity contribution is 0.256. The van der Waals surface area contributed by atoms with E-state index in [9.17, 15) is 0 Å². The van der Waals surface area contributed by atoms with Gasteiger partial charge in [0, 0.05) is 67.1 Å². The average Bonchev–Trinajstić information content (AvgIpc) is 4.09. The topological polar surface area (TPSA) is 19.4 Å². The van der Waals surface area contributed by atoms with Crippen molar-refractivity contribution < 1.29 is 0 Å². The SMILES string of the molecule is C1=C(c2ccccc2)N(CCc2cc3cc(c2)C2CC(CN4CN(c5ccccc5)C=C4c4ccccc4)c4ccccc4N4C=C(c5ccccc5)N(CC3)C24)CN1c1ccccc1. The van der Waals surface area contributed by atoms with E-state index in [1.165, 1.54) is 73.1 Å². The van der Waals surface area contributed by atoms with Crippen molar-refractivity contribution in [2.45, 2.75) is 37.3 Å². The van der Waals surface area contributed by atoms with Crippen LogP contribution in [0.25, 0.3) is 17.1 Å². The summed E-state index contributed by atoms with van der Waals surface area (Å²) in [6.45, 7) is 4.47. The van der Waals surface area contributed by atoms with Crippen LogP contribution in [0.15, 0.2) is 213 Å². The van der Waals surface area contributed by atoms with Gasteiger partial charge in [0.15, 0.2) is 0 Å². The van der Waals surface area contributed by atoms with E-state index in [-0.39, 0.29) is 12.1 Å². The highest BCUT2D eigenvalue weighted by Gasteiger charge is 2.45. The van der Waals surface area contributed by atoms with Gasteiger partial charge in [0.25, 0.3) is 0 Å². The fraction of sp³-hybridized carbons (Fsp3) is 0.186. The molecule has 6 nitrogen and oxygen atoms in total. The van der Waals surface area contributed by atoms with Crippen LogP contribution < -0.4 is 14.7 Å². The summed E-state index contributed by atoms with van der Waals surface area (Å²) in [5.41, 5.74) is 17.2. The first-order chi connectivity index (χ1) is 32.2. The summed E-state index contributed by atoms with van der Waals surface area (Å²) < 4.78 is 0. The third-order valence-electron chi connectivity index (χ3n) is 14.3. The van der Waals surface area contributed by atoms with Gasteiger partial charge in [-0.25, -0.2) is 0 Å². The lowest BCUT2D eigenvalue weighted by Crippen LogP contribution is -2.45. The van der Waals surface area contributed by atoms with E-state index >= 15 is 0 Å². The molecule has 0 amide bonds. The number of hydrogen-bond acceptors (Lipinski definition) is 6. The molecular formula is C59H54N6. The molecular weight excluding hydrogens is 793 g/mol. The molecule has 0 fully saturated rings. The maximum Gasteiger partial charge on any atom is 0.113 e. The van der Waals surface area contributed by atoms with Crippen molar-refractivity contribution in [2.24, 2.45) is 0 Å². The molecule has 6 heteroatoms. The van der Waals surface area contributed by atoms with E-state index in [4.69, 9.17) is 0 Å². The fourth-order valence-electron chi connectivity index (χ4n) is 11.2. The molecule has 7 aromatic carbocycles. The Morgan fingerprint density at radius 3 is 1.66 bits per heavy atom. The second kappa shape index (κ2) is 16.9. The van der Waals surface area contributed by atoms with E-state index in [1.807, 2.05) is 0 Å². The van der Waals surface area contributed by atoms with Crippen molar-refractivity contribution >= 4 is 34.2 Å². The van der Waals surface area contributed by atoms with Crippen LogP contribution in [-0.2, 0) is 12.8 Å². The zero-order valence-corrected chi connectivity index (χ0v) is 36.8. The van der Waals surface area contributed by atoms with Gasteiger partial charge in [-0.05, 0) is 88.5 Å². The Morgan fingerprint density at radius 2 is 1.03 bits per heavy atom. The van der Waals surface area contributed by atoms with Gasteiger partial charge < -0.3 is 29.4 Å². The van der Waals surface area contributed by atoms with Crippen LogP contribution in [-0.4, -0.2) is 53.8 Å². The molecule has 12 rings (SSSR count). The van der Waals surface area contributed by atoms with Gasteiger partial charge in [-0.1, -0.05) is 164 Å². The maximum atomic E-state index is 2.75. The second-order valence-electron chi connectivity index (χ2n) is 18.2. The first-order valence-electron chi connectivity index (χ1n) is 23.4. The summed E-state index contributed by atoms with van der Waals surface area (Å²) in [6.07, 6.45) is 10.4. The zero-order chi connectivity index (χ0) is 43.1. The highest BCUT2D eigenvalue weighted by Crippen LogP contribution is 2.51. The number of hydrogen-bond donors (Lipinski definition) is 0. The molecule has 0 radical (unpaired) electrons. The predicted molar refractivity (Wildman–Crippen MR) is 268 cm³/mol. The minimum absolute atomic E-state index is 0.161. The van der Waals surface area contributed by atoms with E-state index in [0.29, 0.717) is 5.92 Å². The van der Waals surface area contributed by atoms with Gasteiger partial charge in [-0.15, -0.1) is 0 Å². The maximum absolute atomic E-state index is 2.75. The molecule has 0 saturated heterocycles. The molecule has 0 aliphatic carbocycles. The summed E-state index contributed by atoms with van der Waals surface area (Å²) in [6, 6.07) is 71.6. The molecule has 0 spiro atoms. The van der Waals surface area contributed by atoms with Crippen LogP contribution in [0.5, 0.6) is 0 Å². The first kappa shape index (κ1) is 39.2. The van der Waals surface area contributed by atoms with Gasteiger partial charge in [-0.3, -0.25) is 0 Å². The molecule has 0 saturated carbocycles. The lowest BCUT2D eigenvalue weighted by atomic mass is 9.81. The highest BCUT2D eigenvalue weighted by molar-refractivity contribution is 5.76. The minimum atomic E-state index is 0.161. The number of rotatable bonds is 10. The van der Waals surface area contributed by atoms with Crippen LogP contribution in [0.2, 0.25) is 0 Å². The molecule has 5 aliphatic rings. The summed E-state index contributed by atoms with van der Waals surface area (Å²) in [4.78, 5) is 15.4. The van der Waals surface area contributed by atoms with Crippen molar-refractivity contribution in [2.75, 3.05) is 47.7 Å².